The molecule has 0 atom stereocenters. The number of nitrogen functional groups attached to an aromatic ring is 1. The van der Waals surface area contributed by atoms with E-state index in [-0.39, 0.29) is 17.1 Å². The molecule has 1 amide bonds. The number of nitrogens with one attached hydrogen (secondary N) is 1. The van der Waals surface area contributed by atoms with E-state index in [1.807, 2.05) is 6.92 Å². The van der Waals surface area contributed by atoms with Crippen LogP contribution in [0.1, 0.15) is 31.8 Å². The lowest BCUT2D eigenvalue weighted by atomic mass is 10.1. The van der Waals surface area contributed by atoms with Gasteiger partial charge in [-0.2, -0.15) is 13.2 Å². The molecule has 3 aromatic carbocycles. The molecule has 5 nitrogen and oxygen atoms in total. The number of para-hydroxylation sites is 1. The van der Waals surface area contributed by atoms with E-state index in [1.54, 1.807) is 48.5 Å². The van der Waals surface area contributed by atoms with Crippen LogP contribution in [0, 0.1) is 6.92 Å². The van der Waals surface area contributed by atoms with Gasteiger partial charge < -0.3 is 11.1 Å². The van der Waals surface area contributed by atoms with Crippen molar-refractivity contribution in [1.29, 1.82) is 0 Å². The van der Waals surface area contributed by atoms with E-state index in [2.05, 4.69) is 5.32 Å². The molecular weight excluding hydrogens is 419 g/mol. The Hall–Kier alpha value is -4.07. The quantitative estimate of drug-likeness (QED) is 0.445. The van der Waals surface area contributed by atoms with Gasteiger partial charge in [-0.3, -0.25) is 14.2 Å². The highest BCUT2D eigenvalue weighted by Crippen LogP contribution is 2.32. The number of alkyl halides is 3. The summed E-state index contributed by atoms with van der Waals surface area (Å²) in [5.74, 6) is -1.23. The molecule has 0 saturated heterocycles. The van der Waals surface area contributed by atoms with Gasteiger partial charge in [0.25, 0.3) is 11.8 Å². The van der Waals surface area contributed by atoms with Crippen molar-refractivity contribution in [1.82, 2.24) is 4.57 Å². The van der Waals surface area contributed by atoms with Gasteiger partial charge in [0.05, 0.1) is 16.6 Å². The second-order valence-electron chi connectivity index (χ2n) is 7.32. The molecule has 0 fully saturated rings. The lowest BCUT2D eigenvalue weighted by Gasteiger charge is -2.10. The van der Waals surface area contributed by atoms with Gasteiger partial charge in [-0.25, -0.2) is 0 Å². The van der Waals surface area contributed by atoms with Crippen LogP contribution in [-0.4, -0.2) is 16.4 Å². The van der Waals surface area contributed by atoms with E-state index >= 15 is 0 Å². The molecule has 0 aliphatic carbocycles. The number of halogens is 3. The topological polar surface area (TPSA) is 77.1 Å². The number of carbonyl (C=O) groups excluding carboxylic acids is 2. The Balaban J connectivity index is 1.77. The molecule has 0 radical (unpaired) electrons. The van der Waals surface area contributed by atoms with Gasteiger partial charge in [0, 0.05) is 16.6 Å². The first-order valence-electron chi connectivity index (χ1n) is 9.65. The standard InChI is InChI=1S/C24H18F3N3O2/c1-14-9-11-15(12-10-14)23(32)30-19-8-3-2-7-18(19)20(21(30)28)22(31)29-17-6-4-5-16(13-17)24(25,26)27/h2-13H,28H2,1H3,(H,29,31). The Morgan fingerprint density at radius 2 is 1.62 bits per heavy atom. The van der Waals surface area contributed by atoms with Crippen LogP contribution < -0.4 is 11.1 Å². The Morgan fingerprint density at radius 1 is 0.938 bits per heavy atom. The monoisotopic (exact) mass is 437 g/mol. The van der Waals surface area contributed by atoms with Crippen LogP contribution in [-0.2, 0) is 6.18 Å². The molecule has 4 rings (SSSR count). The highest BCUT2D eigenvalue weighted by atomic mass is 19.4. The van der Waals surface area contributed by atoms with Crippen LogP contribution in [0.2, 0.25) is 0 Å². The summed E-state index contributed by atoms with van der Waals surface area (Å²) in [7, 11) is 0. The van der Waals surface area contributed by atoms with Crippen molar-refractivity contribution < 1.29 is 22.8 Å². The Bertz CT molecular complexity index is 1340. The lowest BCUT2D eigenvalue weighted by Crippen LogP contribution is -2.18. The van der Waals surface area contributed by atoms with Crippen LogP contribution >= 0.6 is 0 Å². The van der Waals surface area contributed by atoms with E-state index in [0.29, 0.717) is 16.5 Å². The number of aryl methyl sites for hydroxylation is 1. The Labute approximate surface area is 181 Å². The van der Waals surface area contributed by atoms with Gasteiger partial charge in [0.2, 0.25) is 0 Å². The molecule has 1 heterocycles. The number of amides is 1. The summed E-state index contributed by atoms with van der Waals surface area (Å²) < 4.78 is 40.3. The summed E-state index contributed by atoms with van der Waals surface area (Å²) in [6.45, 7) is 1.89. The van der Waals surface area contributed by atoms with E-state index in [0.717, 1.165) is 17.7 Å². The third-order valence-corrected chi connectivity index (χ3v) is 5.09. The van der Waals surface area contributed by atoms with Gasteiger partial charge in [-0.15, -0.1) is 0 Å². The molecule has 0 unspecified atom stereocenters. The number of fused-ring (bicyclic) bond motifs is 1. The average Bonchev–Trinajstić information content (AvgIpc) is 3.05. The molecule has 1 aromatic heterocycles. The number of anilines is 2. The largest absolute Gasteiger partial charge is 0.416 e. The van der Waals surface area contributed by atoms with Crippen LogP contribution in [0.25, 0.3) is 10.9 Å². The van der Waals surface area contributed by atoms with E-state index < -0.39 is 23.6 Å². The fourth-order valence-corrected chi connectivity index (χ4v) is 3.51. The molecule has 8 heteroatoms. The third-order valence-electron chi connectivity index (χ3n) is 5.09. The van der Waals surface area contributed by atoms with Crippen LogP contribution in [0.15, 0.2) is 72.8 Å². The van der Waals surface area contributed by atoms with E-state index in [4.69, 9.17) is 5.73 Å². The maximum atomic E-state index is 13.2. The van der Waals surface area contributed by atoms with Crippen LogP contribution in [0.4, 0.5) is 24.7 Å². The van der Waals surface area contributed by atoms with Crippen molar-refractivity contribution in [3.63, 3.8) is 0 Å². The lowest BCUT2D eigenvalue weighted by molar-refractivity contribution is -0.137. The number of nitrogens with two attached hydrogens (primary N) is 1. The maximum absolute atomic E-state index is 13.2. The van der Waals surface area contributed by atoms with Crippen molar-refractivity contribution in [2.24, 2.45) is 0 Å². The summed E-state index contributed by atoms with van der Waals surface area (Å²) in [6, 6.07) is 17.9. The zero-order chi connectivity index (χ0) is 23.0. The number of carbonyl (C=O) groups is 2. The molecule has 0 bridgehead atoms. The van der Waals surface area contributed by atoms with Gasteiger partial charge in [0.1, 0.15) is 5.82 Å². The molecular formula is C24H18F3N3O2. The minimum atomic E-state index is -4.55. The highest BCUT2D eigenvalue weighted by molar-refractivity contribution is 6.19. The second-order valence-corrected chi connectivity index (χ2v) is 7.32. The van der Waals surface area contributed by atoms with Crippen molar-refractivity contribution in [3.8, 4) is 0 Å². The Morgan fingerprint density at radius 3 is 2.31 bits per heavy atom. The number of benzene rings is 3. The first kappa shape index (κ1) is 21.2. The molecule has 0 aliphatic heterocycles. The number of nitrogens with zero attached hydrogens (tertiary/aromatic N) is 1. The van der Waals surface area contributed by atoms with Crippen LogP contribution in [0.5, 0.6) is 0 Å². The van der Waals surface area contributed by atoms with Gasteiger partial charge >= 0.3 is 6.18 Å². The van der Waals surface area contributed by atoms with Crippen molar-refractivity contribution in [2.75, 3.05) is 11.1 Å². The summed E-state index contributed by atoms with van der Waals surface area (Å²) in [6.07, 6.45) is -4.55. The fourth-order valence-electron chi connectivity index (χ4n) is 3.51. The normalized spacial score (nSPS) is 11.5. The first-order valence-corrected chi connectivity index (χ1v) is 9.65. The molecule has 32 heavy (non-hydrogen) atoms. The first-order chi connectivity index (χ1) is 15.2. The minimum Gasteiger partial charge on any atom is -0.384 e. The predicted molar refractivity (Wildman–Crippen MR) is 117 cm³/mol. The molecule has 3 N–H and O–H groups in total. The SMILES string of the molecule is Cc1ccc(C(=O)n2c(N)c(C(=O)Nc3cccc(C(F)(F)F)c3)c3ccccc32)cc1. The molecule has 4 aromatic rings. The fraction of sp³-hybridized carbons (Fsp3) is 0.0833. The number of rotatable bonds is 3. The summed E-state index contributed by atoms with van der Waals surface area (Å²) in [5, 5.41) is 2.87. The van der Waals surface area contributed by atoms with Gasteiger partial charge in [0.15, 0.2) is 0 Å². The summed E-state index contributed by atoms with van der Waals surface area (Å²) >= 11 is 0. The summed E-state index contributed by atoms with van der Waals surface area (Å²) in [5.41, 5.74) is 7.11. The van der Waals surface area contributed by atoms with Gasteiger partial charge in [-0.05, 0) is 43.3 Å². The third kappa shape index (κ3) is 3.82. The smallest absolute Gasteiger partial charge is 0.384 e. The zero-order valence-electron chi connectivity index (χ0n) is 16.9. The molecule has 0 aliphatic rings. The molecule has 162 valence electrons. The summed E-state index contributed by atoms with van der Waals surface area (Å²) in [4.78, 5) is 26.2. The van der Waals surface area contributed by atoms with Crippen molar-refractivity contribution >= 4 is 34.2 Å². The molecule has 0 spiro atoms. The zero-order valence-corrected chi connectivity index (χ0v) is 16.9. The average molecular weight is 437 g/mol. The maximum Gasteiger partial charge on any atom is 0.416 e. The number of hydrogen-bond acceptors (Lipinski definition) is 3. The predicted octanol–water partition coefficient (Wildman–Crippen LogP) is 5.49. The molecule has 0 saturated carbocycles. The number of hydrogen-bond donors (Lipinski definition) is 2. The van der Waals surface area contributed by atoms with Crippen molar-refractivity contribution in [2.45, 2.75) is 13.1 Å². The van der Waals surface area contributed by atoms with Crippen LogP contribution in [0.3, 0.4) is 0 Å². The minimum absolute atomic E-state index is 0.0125. The Kier molecular flexibility index (Phi) is 5.22. The van der Waals surface area contributed by atoms with Crippen molar-refractivity contribution in [3.05, 3.63) is 95.1 Å². The number of aromatic nitrogens is 1. The second kappa shape index (κ2) is 7.88. The highest BCUT2D eigenvalue weighted by Gasteiger charge is 2.31. The van der Waals surface area contributed by atoms with Gasteiger partial charge in [-0.1, -0.05) is 42.0 Å². The van der Waals surface area contributed by atoms with E-state index in [1.165, 1.54) is 16.7 Å². The van der Waals surface area contributed by atoms with E-state index in [9.17, 15) is 22.8 Å².